The number of carbonyl (C=O) groups excluding carboxylic acids is 3. The van der Waals surface area contributed by atoms with Gasteiger partial charge in [0.25, 0.3) is 5.91 Å². The molecular weight excluding hydrogens is 633 g/mol. The number of hydrogen-bond donors (Lipinski definition) is 1. The van der Waals surface area contributed by atoms with Crippen molar-refractivity contribution in [2.24, 2.45) is 11.8 Å². The zero-order valence-electron chi connectivity index (χ0n) is 28.3. The van der Waals surface area contributed by atoms with Crippen molar-refractivity contribution in [3.8, 4) is 0 Å². The fourth-order valence-electron chi connectivity index (χ4n) is 8.50. The van der Waals surface area contributed by atoms with E-state index in [2.05, 4.69) is 24.8 Å². The van der Waals surface area contributed by atoms with Crippen LogP contribution in [0.2, 0.25) is 0 Å². The van der Waals surface area contributed by atoms with Gasteiger partial charge in [-0.2, -0.15) is 0 Å². The second kappa shape index (κ2) is 13.2. The highest BCUT2D eigenvalue weighted by Gasteiger charge is 2.74. The van der Waals surface area contributed by atoms with Gasteiger partial charge >= 0.3 is 0 Å². The summed E-state index contributed by atoms with van der Waals surface area (Å²) in [5.41, 5.74) is 3.56. The normalized spacial score (nSPS) is 28.2. The van der Waals surface area contributed by atoms with E-state index < -0.39 is 33.4 Å². The van der Waals surface area contributed by atoms with E-state index in [0.717, 1.165) is 35.7 Å². The van der Waals surface area contributed by atoms with Crippen LogP contribution in [-0.2, 0) is 20.8 Å². The average molecular weight is 677 g/mol. The van der Waals surface area contributed by atoms with E-state index >= 15 is 9.59 Å². The molecule has 0 bridgehead atoms. The van der Waals surface area contributed by atoms with E-state index in [1.165, 1.54) is 0 Å². The number of amides is 3. The van der Waals surface area contributed by atoms with Crippen molar-refractivity contribution >= 4 is 46.5 Å². The van der Waals surface area contributed by atoms with E-state index in [1.807, 2.05) is 110 Å². The second-order valence-corrected chi connectivity index (χ2v) is 15.3. The molecular formula is C40H44N4O4S. The topological polar surface area (TPSA) is 84.4 Å². The fourth-order valence-corrected chi connectivity index (χ4v) is 10.6. The van der Waals surface area contributed by atoms with Crippen molar-refractivity contribution in [2.45, 2.75) is 48.8 Å². The Balaban J connectivity index is 1.34. The molecule has 2 fully saturated rings. The molecule has 1 unspecified atom stereocenters. The predicted octanol–water partition coefficient (Wildman–Crippen LogP) is 5.33. The molecule has 0 aliphatic carbocycles. The van der Waals surface area contributed by atoms with Crippen LogP contribution in [0.4, 0.5) is 17.1 Å². The molecule has 49 heavy (non-hydrogen) atoms. The number of fused-ring (bicyclic) bond motifs is 2. The van der Waals surface area contributed by atoms with Gasteiger partial charge in [0.05, 0.1) is 29.2 Å². The highest BCUT2D eigenvalue weighted by Crippen LogP contribution is 2.66. The van der Waals surface area contributed by atoms with Crippen molar-refractivity contribution in [3.05, 3.63) is 115 Å². The van der Waals surface area contributed by atoms with Crippen molar-refractivity contribution in [1.29, 1.82) is 0 Å². The molecule has 4 heterocycles. The average Bonchev–Trinajstić information content (AvgIpc) is 3.40. The van der Waals surface area contributed by atoms with Gasteiger partial charge < -0.3 is 24.7 Å². The summed E-state index contributed by atoms with van der Waals surface area (Å²) in [5, 5.41) is 10.9. The summed E-state index contributed by atoms with van der Waals surface area (Å²) in [6.07, 6.45) is 8.51. The van der Waals surface area contributed by atoms with Crippen LogP contribution in [0.3, 0.4) is 0 Å². The van der Waals surface area contributed by atoms with Crippen LogP contribution in [0.15, 0.2) is 109 Å². The van der Waals surface area contributed by atoms with E-state index in [-0.39, 0.29) is 24.3 Å². The first kappa shape index (κ1) is 33.2. The molecule has 0 radical (unpaired) electrons. The zero-order valence-corrected chi connectivity index (χ0v) is 29.1. The van der Waals surface area contributed by atoms with Crippen LogP contribution >= 0.6 is 11.8 Å². The van der Waals surface area contributed by atoms with Crippen LogP contribution in [0.5, 0.6) is 0 Å². The summed E-state index contributed by atoms with van der Waals surface area (Å²) in [6.45, 7) is 8.44. The maximum absolute atomic E-state index is 15.1. The van der Waals surface area contributed by atoms with Gasteiger partial charge in [0.1, 0.15) is 6.04 Å². The van der Waals surface area contributed by atoms with E-state index in [9.17, 15) is 9.90 Å². The molecule has 4 aliphatic rings. The first-order chi connectivity index (χ1) is 23.8. The van der Waals surface area contributed by atoms with Gasteiger partial charge in [-0.1, -0.05) is 72.8 Å². The molecule has 0 saturated carbocycles. The third-order valence-corrected chi connectivity index (χ3v) is 12.6. The lowest BCUT2D eigenvalue weighted by molar-refractivity contribution is -0.142. The molecule has 2 saturated heterocycles. The lowest BCUT2D eigenvalue weighted by atomic mass is 9.74. The maximum Gasteiger partial charge on any atom is 0.251 e. The van der Waals surface area contributed by atoms with Crippen molar-refractivity contribution < 1.29 is 19.5 Å². The summed E-state index contributed by atoms with van der Waals surface area (Å²) in [6, 6.07) is 25.8. The summed E-state index contributed by atoms with van der Waals surface area (Å²) in [4.78, 5) is 52.4. The van der Waals surface area contributed by atoms with Crippen molar-refractivity contribution in [3.63, 3.8) is 0 Å². The van der Waals surface area contributed by atoms with Gasteiger partial charge in [-0.05, 0) is 69.2 Å². The van der Waals surface area contributed by atoms with E-state index in [1.54, 1.807) is 26.5 Å². The Kier molecular flexibility index (Phi) is 8.92. The third-order valence-electron chi connectivity index (χ3n) is 10.8. The van der Waals surface area contributed by atoms with Crippen LogP contribution < -0.4 is 14.7 Å². The lowest BCUT2D eigenvalue weighted by Crippen LogP contribution is -2.57. The molecule has 254 valence electrons. The molecule has 3 aromatic carbocycles. The lowest BCUT2D eigenvalue weighted by Gasteiger charge is -2.40. The standard InChI is InChI=1S/C40H44N4O4S/c1-4-41(5-2)29-18-20-31(21-19-29)43-25-13-23-40-34(33-36(46)42(30-16-10-7-11-17-30)24-12-22-39(33,3)49-40)37(47)44(35(40)38(43)48)32(27-45)26-28-14-8-6-9-15-28/h6-23,32-35,45H,4-5,24-27H2,1-3H3/t32-,33-,34+,35?,39+,40+/m1/s1. The SMILES string of the molecule is CCN(CC)c1ccc(N2CC=C[C@]34S[C@@]5(C)C=CCN(c6ccccc6)C(=O)[C@H]5[C@H]3C(=O)N([C@@H](CO)Cc3ccccc3)C4C2=O)cc1. The van der Waals surface area contributed by atoms with Crippen molar-refractivity contribution in [2.75, 3.05) is 47.5 Å². The number of rotatable bonds is 9. The summed E-state index contributed by atoms with van der Waals surface area (Å²) < 4.78 is -1.75. The largest absolute Gasteiger partial charge is 0.394 e. The molecule has 7 rings (SSSR count). The Hall–Kier alpha value is -4.34. The number of aliphatic hydroxyl groups excluding tert-OH is 1. The molecule has 9 heteroatoms. The van der Waals surface area contributed by atoms with E-state index in [4.69, 9.17) is 0 Å². The number of anilines is 3. The highest BCUT2D eigenvalue weighted by molar-refractivity contribution is 8.02. The number of carbonyl (C=O) groups is 3. The van der Waals surface area contributed by atoms with Gasteiger partial charge in [0.2, 0.25) is 11.8 Å². The van der Waals surface area contributed by atoms with Gasteiger partial charge in [0.15, 0.2) is 0 Å². The zero-order chi connectivity index (χ0) is 34.3. The highest BCUT2D eigenvalue weighted by atomic mass is 32.2. The van der Waals surface area contributed by atoms with Crippen molar-refractivity contribution in [1.82, 2.24) is 4.90 Å². The van der Waals surface area contributed by atoms with Gasteiger partial charge in [-0.3, -0.25) is 14.4 Å². The molecule has 1 N–H and O–H groups in total. The number of para-hydroxylation sites is 1. The van der Waals surface area contributed by atoms with Crippen LogP contribution in [0.25, 0.3) is 0 Å². The summed E-state index contributed by atoms with van der Waals surface area (Å²) in [5.74, 6) is -2.10. The monoisotopic (exact) mass is 676 g/mol. The second-order valence-electron chi connectivity index (χ2n) is 13.5. The summed E-state index contributed by atoms with van der Waals surface area (Å²) in [7, 11) is 0. The molecule has 4 aliphatic heterocycles. The Morgan fingerprint density at radius 2 is 1.37 bits per heavy atom. The fraction of sp³-hybridized carbons (Fsp3) is 0.375. The third kappa shape index (κ3) is 5.47. The first-order valence-corrected chi connectivity index (χ1v) is 18.1. The molecule has 0 aromatic heterocycles. The first-order valence-electron chi connectivity index (χ1n) is 17.3. The predicted molar refractivity (Wildman–Crippen MR) is 197 cm³/mol. The number of thioether (sulfide) groups is 1. The Morgan fingerprint density at radius 1 is 0.776 bits per heavy atom. The molecule has 6 atom stereocenters. The minimum atomic E-state index is -1.02. The Morgan fingerprint density at radius 3 is 2.00 bits per heavy atom. The number of likely N-dealkylation sites (tertiary alicyclic amines) is 1. The van der Waals surface area contributed by atoms with Crippen LogP contribution in [0, 0.1) is 11.8 Å². The smallest absolute Gasteiger partial charge is 0.251 e. The summed E-state index contributed by atoms with van der Waals surface area (Å²) >= 11 is 1.56. The van der Waals surface area contributed by atoms with Gasteiger partial charge in [-0.25, -0.2) is 0 Å². The Bertz CT molecular complexity index is 1760. The van der Waals surface area contributed by atoms with E-state index in [0.29, 0.717) is 19.5 Å². The molecule has 8 nitrogen and oxygen atoms in total. The number of hydrogen-bond acceptors (Lipinski definition) is 6. The van der Waals surface area contributed by atoms with Gasteiger partial charge in [-0.15, -0.1) is 11.8 Å². The molecule has 1 spiro atoms. The molecule has 3 aromatic rings. The number of benzene rings is 3. The Labute approximate surface area is 293 Å². The minimum Gasteiger partial charge on any atom is -0.394 e. The number of nitrogens with zero attached hydrogens (tertiary/aromatic N) is 4. The minimum absolute atomic E-state index is 0.125. The maximum atomic E-state index is 15.1. The molecule has 3 amide bonds. The van der Waals surface area contributed by atoms with Crippen LogP contribution in [0.1, 0.15) is 26.3 Å². The number of aliphatic hydroxyl groups is 1. The van der Waals surface area contributed by atoms with Crippen LogP contribution in [-0.4, -0.2) is 82.1 Å². The quantitative estimate of drug-likeness (QED) is 0.309. The van der Waals surface area contributed by atoms with Gasteiger partial charge in [0, 0.05) is 48.0 Å².